The third kappa shape index (κ3) is 7.89. The standard InChI is InChI=1S/C28H30Cl2N2O2/c1-28(2,3)31-27(34)25(17-20-9-5-4-6-10-20)32(19-22-12-8-14-24(30)16-22)26(33)18-21-11-7-13-23(29)15-21/h4-16,25H,17-19H2,1-3H3,(H,31,34)/t25-/m0/s1. The van der Waals surface area contributed by atoms with Crippen LogP contribution >= 0.6 is 23.2 Å². The lowest BCUT2D eigenvalue weighted by Crippen LogP contribution is -2.54. The molecule has 0 radical (unpaired) electrons. The van der Waals surface area contributed by atoms with Crippen LogP contribution in [0.1, 0.15) is 37.5 Å². The minimum atomic E-state index is -0.702. The largest absolute Gasteiger partial charge is 0.350 e. The van der Waals surface area contributed by atoms with E-state index >= 15 is 0 Å². The molecule has 0 heterocycles. The summed E-state index contributed by atoms with van der Waals surface area (Å²) in [5.41, 5.74) is 2.18. The van der Waals surface area contributed by atoms with Gasteiger partial charge in [0.05, 0.1) is 6.42 Å². The summed E-state index contributed by atoms with van der Waals surface area (Å²) in [6, 6.07) is 23.6. The molecule has 0 aliphatic rings. The zero-order valence-electron chi connectivity index (χ0n) is 19.7. The molecule has 6 heteroatoms. The Morgan fingerprint density at radius 3 is 1.97 bits per heavy atom. The van der Waals surface area contributed by atoms with Gasteiger partial charge in [-0.15, -0.1) is 0 Å². The molecule has 1 N–H and O–H groups in total. The summed E-state index contributed by atoms with van der Waals surface area (Å²) < 4.78 is 0. The number of amides is 2. The van der Waals surface area contributed by atoms with E-state index in [1.165, 1.54) is 0 Å². The molecule has 3 aromatic rings. The van der Waals surface area contributed by atoms with E-state index in [4.69, 9.17) is 23.2 Å². The molecule has 0 saturated carbocycles. The summed E-state index contributed by atoms with van der Waals surface area (Å²) >= 11 is 12.4. The summed E-state index contributed by atoms with van der Waals surface area (Å²) in [6.45, 7) is 6.05. The van der Waals surface area contributed by atoms with E-state index in [1.54, 1.807) is 23.1 Å². The first-order valence-electron chi connectivity index (χ1n) is 11.2. The summed E-state index contributed by atoms with van der Waals surface area (Å²) in [5, 5.41) is 4.21. The SMILES string of the molecule is CC(C)(C)NC(=O)[C@H](Cc1ccccc1)N(Cc1cccc(Cl)c1)C(=O)Cc1cccc(Cl)c1. The van der Waals surface area contributed by atoms with Gasteiger partial charge in [-0.25, -0.2) is 0 Å². The van der Waals surface area contributed by atoms with Gasteiger partial charge in [-0.3, -0.25) is 9.59 Å². The lowest BCUT2D eigenvalue weighted by molar-refractivity contribution is -0.141. The number of benzene rings is 3. The first-order valence-corrected chi connectivity index (χ1v) is 12.0. The van der Waals surface area contributed by atoms with Crippen LogP contribution in [0.25, 0.3) is 0 Å². The van der Waals surface area contributed by atoms with Crippen LogP contribution in [-0.4, -0.2) is 28.3 Å². The summed E-state index contributed by atoms with van der Waals surface area (Å²) in [4.78, 5) is 28.9. The lowest BCUT2D eigenvalue weighted by Gasteiger charge is -2.34. The molecule has 178 valence electrons. The van der Waals surface area contributed by atoms with Crippen LogP contribution < -0.4 is 5.32 Å². The molecule has 2 amide bonds. The number of carbonyl (C=O) groups is 2. The van der Waals surface area contributed by atoms with Crippen molar-refractivity contribution in [3.8, 4) is 0 Å². The minimum absolute atomic E-state index is 0.134. The summed E-state index contributed by atoms with van der Waals surface area (Å²) in [6.07, 6.45) is 0.528. The molecule has 1 atom stereocenters. The second-order valence-electron chi connectivity index (χ2n) is 9.40. The molecule has 0 bridgehead atoms. The fourth-order valence-corrected chi connectivity index (χ4v) is 4.19. The first kappa shape index (κ1) is 25.8. The van der Waals surface area contributed by atoms with Gasteiger partial charge < -0.3 is 10.2 Å². The van der Waals surface area contributed by atoms with E-state index in [-0.39, 0.29) is 24.8 Å². The smallest absolute Gasteiger partial charge is 0.243 e. The number of halogens is 2. The molecule has 0 fully saturated rings. The van der Waals surface area contributed by atoms with Gasteiger partial charge in [0.2, 0.25) is 11.8 Å². The van der Waals surface area contributed by atoms with Gasteiger partial charge in [-0.2, -0.15) is 0 Å². The number of hydrogen-bond acceptors (Lipinski definition) is 2. The highest BCUT2D eigenvalue weighted by Gasteiger charge is 2.32. The van der Waals surface area contributed by atoms with Crippen molar-refractivity contribution in [3.63, 3.8) is 0 Å². The lowest BCUT2D eigenvalue weighted by atomic mass is 10.00. The first-order chi connectivity index (χ1) is 16.1. The van der Waals surface area contributed by atoms with Gasteiger partial charge in [0, 0.05) is 28.5 Å². The molecular formula is C28H30Cl2N2O2. The fraction of sp³-hybridized carbons (Fsp3) is 0.286. The number of rotatable bonds is 8. The van der Waals surface area contributed by atoms with Crippen molar-refractivity contribution in [2.75, 3.05) is 0 Å². The second kappa shape index (κ2) is 11.5. The maximum Gasteiger partial charge on any atom is 0.243 e. The van der Waals surface area contributed by atoms with Gasteiger partial charge in [0.15, 0.2) is 0 Å². The van der Waals surface area contributed by atoms with Crippen molar-refractivity contribution in [1.82, 2.24) is 10.2 Å². The number of carbonyl (C=O) groups excluding carboxylic acids is 2. The Morgan fingerprint density at radius 2 is 1.38 bits per heavy atom. The van der Waals surface area contributed by atoms with Crippen LogP contribution in [0.4, 0.5) is 0 Å². The second-order valence-corrected chi connectivity index (χ2v) is 10.3. The Labute approximate surface area is 211 Å². The maximum absolute atomic E-state index is 13.7. The normalized spacial score (nSPS) is 12.1. The monoisotopic (exact) mass is 496 g/mol. The number of hydrogen-bond donors (Lipinski definition) is 1. The van der Waals surface area contributed by atoms with E-state index in [9.17, 15) is 9.59 Å². The van der Waals surface area contributed by atoms with Gasteiger partial charge in [-0.1, -0.05) is 77.8 Å². The Balaban J connectivity index is 1.99. The predicted molar refractivity (Wildman–Crippen MR) is 139 cm³/mol. The van der Waals surface area contributed by atoms with E-state index in [0.29, 0.717) is 16.5 Å². The average molecular weight is 497 g/mol. The molecule has 0 aliphatic carbocycles. The molecule has 0 saturated heterocycles. The van der Waals surface area contributed by atoms with Gasteiger partial charge >= 0.3 is 0 Å². The average Bonchev–Trinajstić information content (AvgIpc) is 2.75. The van der Waals surface area contributed by atoms with Crippen molar-refractivity contribution >= 4 is 35.0 Å². The van der Waals surface area contributed by atoms with Crippen LogP contribution in [0, 0.1) is 0 Å². The zero-order chi connectivity index (χ0) is 24.7. The molecule has 34 heavy (non-hydrogen) atoms. The van der Waals surface area contributed by atoms with Gasteiger partial charge in [-0.05, 0) is 61.7 Å². The van der Waals surface area contributed by atoms with Crippen LogP contribution in [0.15, 0.2) is 78.9 Å². The highest BCUT2D eigenvalue weighted by atomic mass is 35.5. The molecule has 0 spiro atoms. The summed E-state index contributed by atoms with van der Waals surface area (Å²) in [7, 11) is 0. The van der Waals surface area contributed by atoms with Crippen molar-refractivity contribution < 1.29 is 9.59 Å². The van der Waals surface area contributed by atoms with E-state index < -0.39 is 11.6 Å². The highest BCUT2D eigenvalue weighted by Crippen LogP contribution is 2.20. The van der Waals surface area contributed by atoms with Crippen LogP contribution in [0.2, 0.25) is 10.0 Å². The predicted octanol–water partition coefficient (Wildman–Crippen LogP) is 6.09. The van der Waals surface area contributed by atoms with Gasteiger partial charge in [0.25, 0.3) is 0 Å². The molecule has 0 aliphatic heterocycles. The summed E-state index contributed by atoms with van der Waals surface area (Å²) in [5.74, 6) is -0.356. The van der Waals surface area contributed by atoms with Crippen molar-refractivity contribution in [2.24, 2.45) is 0 Å². The van der Waals surface area contributed by atoms with E-state index in [0.717, 1.165) is 16.7 Å². The van der Waals surface area contributed by atoms with Crippen molar-refractivity contribution in [2.45, 2.75) is 51.7 Å². The van der Waals surface area contributed by atoms with E-state index in [2.05, 4.69) is 5.32 Å². The molecular weight excluding hydrogens is 467 g/mol. The number of nitrogens with one attached hydrogen (secondary N) is 1. The van der Waals surface area contributed by atoms with Crippen LogP contribution in [-0.2, 0) is 29.0 Å². The van der Waals surface area contributed by atoms with Crippen molar-refractivity contribution in [1.29, 1.82) is 0 Å². The minimum Gasteiger partial charge on any atom is -0.350 e. The Hall–Kier alpha value is -2.82. The fourth-order valence-electron chi connectivity index (χ4n) is 3.76. The highest BCUT2D eigenvalue weighted by molar-refractivity contribution is 6.30. The molecule has 3 aromatic carbocycles. The molecule has 3 rings (SSSR count). The van der Waals surface area contributed by atoms with Gasteiger partial charge in [0.1, 0.15) is 6.04 Å². The maximum atomic E-state index is 13.7. The quantitative estimate of drug-likeness (QED) is 0.410. The molecule has 0 aromatic heterocycles. The topological polar surface area (TPSA) is 49.4 Å². The third-order valence-corrected chi connectivity index (χ3v) is 5.73. The Bertz CT molecular complexity index is 1130. The zero-order valence-corrected chi connectivity index (χ0v) is 21.2. The van der Waals surface area contributed by atoms with Crippen LogP contribution in [0.5, 0.6) is 0 Å². The third-order valence-electron chi connectivity index (χ3n) is 5.26. The van der Waals surface area contributed by atoms with Crippen LogP contribution in [0.3, 0.4) is 0 Å². The number of nitrogens with zero attached hydrogens (tertiary/aromatic N) is 1. The van der Waals surface area contributed by atoms with Crippen molar-refractivity contribution in [3.05, 3.63) is 106 Å². The molecule has 4 nitrogen and oxygen atoms in total. The molecule has 0 unspecified atom stereocenters. The Morgan fingerprint density at radius 1 is 0.824 bits per heavy atom. The Kier molecular flexibility index (Phi) is 8.76. The van der Waals surface area contributed by atoms with E-state index in [1.807, 2.05) is 81.4 Å².